The second-order valence-corrected chi connectivity index (χ2v) is 5.02. The van der Waals surface area contributed by atoms with Crippen LogP contribution in [-0.2, 0) is 9.59 Å². The van der Waals surface area contributed by atoms with E-state index in [4.69, 9.17) is 0 Å². The predicted molar refractivity (Wildman–Crippen MR) is 87.5 cm³/mol. The van der Waals surface area contributed by atoms with Crippen LogP contribution in [0.5, 0.6) is 0 Å². The third-order valence-electron chi connectivity index (χ3n) is 3.45. The van der Waals surface area contributed by atoms with Crippen LogP contribution in [0.1, 0.15) is 17.3 Å². The molecule has 1 aliphatic rings. The molecule has 0 radical (unpaired) electrons. The summed E-state index contributed by atoms with van der Waals surface area (Å²) in [6.45, 7) is 5.03. The molecule has 0 aliphatic carbocycles. The third kappa shape index (κ3) is 3.89. The van der Waals surface area contributed by atoms with Crippen LogP contribution in [0.4, 0.5) is 4.79 Å². The van der Waals surface area contributed by atoms with Gasteiger partial charge in [-0.1, -0.05) is 12.2 Å². The van der Waals surface area contributed by atoms with Gasteiger partial charge >= 0.3 is 6.03 Å². The number of nitrogens with zero attached hydrogens (tertiary/aromatic N) is 2. The maximum absolute atomic E-state index is 12.4. The van der Waals surface area contributed by atoms with E-state index in [0.29, 0.717) is 5.56 Å². The Labute approximate surface area is 143 Å². The Bertz CT molecular complexity index is 744. The number of barbiturate groups is 1. The lowest BCUT2D eigenvalue weighted by Crippen LogP contribution is -2.60. The van der Waals surface area contributed by atoms with Crippen LogP contribution < -0.4 is 16.2 Å². The molecule has 1 saturated heterocycles. The second-order valence-electron chi connectivity index (χ2n) is 5.02. The first-order valence-electron chi connectivity index (χ1n) is 7.39. The number of rotatable bonds is 6. The Hall–Kier alpha value is -3.49. The molecule has 130 valence electrons. The van der Waals surface area contributed by atoms with Gasteiger partial charge < -0.3 is 5.43 Å². The van der Waals surface area contributed by atoms with Crippen molar-refractivity contribution in [3.05, 3.63) is 54.5 Å². The Morgan fingerprint density at radius 3 is 2.60 bits per heavy atom. The molecule has 1 aliphatic heterocycles. The number of hydrogen-bond donors (Lipinski definition) is 3. The van der Waals surface area contributed by atoms with Crippen LogP contribution in [0.25, 0.3) is 0 Å². The molecule has 0 aromatic carbocycles. The predicted octanol–water partition coefficient (Wildman–Crippen LogP) is 0.100. The van der Waals surface area contributed by atoms with E-state index < -0.39 is 29.7 Å². The monoisotopic (exact) mass is 343 g/mol. The smallest absolute Gasteiger partial charge is 0.301 e. The van der Waals surface area contributed by atoms with E-state index in [9.17, 15) is 19.2 Å². The molecular formula is C16H17N5O4. The van der Waals surface area contributed by atoms with Crippen molar-refractivity contribution in [2.75, 3.05) is 6.54 Å². The average Bonchev–Trinajstić information content (AvgIpc) is 2.61. The summed E-state index contributed by atoms with van der Waals surface area (Å²) in [5, 5.41) is 2.11. The van der Waals surface area contributed by atoms with E-state index in [-0.39, 0.29) is 12.2 Å². The van der Waals surface area contributed by atoms with Gasteiger partial charge in [0.2, 0.25) is 11.8 Å². The number of pyridine rings is 1. The summed E-state index contributed by atoms with van der Waals surface area (Å²) in [6, 6.07) is 2.22. The van der Waals surface area contributed by atoms with E-state index in [0.717, 1.165) is 4.90 Å². The zero-order valence-electron chi connectivity index (χ0n) is 13.5. The van der Waals surface area contributed by atoms with Crippen molar-refractivity contribution in [1.29, 1.82) is 0 Å². The molecule has 0 saturated carbocycles. The maximum Gasteiger partial charge on any atom is 0.331 e. The SMILES string of the molecule is C=CCN1C(=O)NC(=O)[C@H](/C(=C\C)NNC(=O)c2ccncc2)C1=O. The summed E-state index contributed by atoms with van der Waals surface area (Å²) in [4.78, 5) is 53.0. The van der Waals surface area contributed by atoms with Crippen molar-refractivity contribution in [1.82, 2.24) is 26.1 Å². The van der Waals surface area contributed by atoms with Gasteiger partial charge in [0, 0.05) is 30.2 Å². The molecular weight excluding hydrogens is 326 g/mol. The molecule has 1 fully saturated rings. The zero-order chi connectivity index (χ0) is 18.4. The minimum absolute atomic E-state index is 0.0329. The van der Waals surface area contributed by atoms with E-state index >= 15 is 0 Å². The molecule has 5 amide bonds. The molecule has 3 N–H and O–H groups in total. The second kappa shape index (κ2) is 7.86. The highest BCUT2D eigenvalue weighted by Gasteiger charge is 2.42. The van der Waals surface area contributed by atoms with Crippen LogP contribution in [-0.4, -0.2) is 40.2 Å². The number of carbonyl (C=O) groups excluding carboxylic acids is 4. The lowest BCUT2D eigenvalue weighted by atomic mass is 10.0. The minimum atomic E-state index is -1.28. The topological polar surface area (TPSA) is 120 Å². The fourth-order valence-electron chi connectivity index (χ4n) is 2.20. The highest BCUT2D eigenvalue weighted by Crippen LogP contribution is 2.17. The number of imide groups is 2. The first-order valence-corrected chi connectivity index (χ1v) is 7.39. The number of urea groups is 1. The van der Waals surface area contributed by atoms with Gasteiger partial charge in [-0.2, -0.15) is 0 Å². The van der Waals surface area contributed by atoms with E-state index in [2.05, 4.69) is 27.7 Å². The fourth-order valence-corrected chi connectivity index (χ4v) is 2.20. The van der Waals surface area contributed by atoms with Crippen molar-refractivity contribution < 1.29 is 19.2 Å². The van der Waals surface area contributed by atoms with Gasteiger partial charge in [0.15, 0.2) is 5.92 Å². The Morgan fingerprint density at radius 1 is 1.32 bits per heavy atom. The molecule has 0 unspecified atom stereocenters. The lowest BCUT2D eigenvalue weighted by Gasteiger charge is -2.30. The molecule has 9 heteroatoms. The fraction of sp³-hybridized carbons (Fsp3) is 0.188. The molecule has 2 rings (SSSR count). The number of hydrogen-bond acceptors (Lipinski definition) is 6. The summed E-state index contributed by atoms with van der Waals surface area (Å²) < 4.78 is 0. The van der Waals surface area contributed by atoms with E-state index in [1.54, 1.807) is 6.92 Å². The number of nitrogens with one attached hydrogen (secondary N) is 3. The van der Waals surface area contributed by atoms with Crippen LogP contribution in [0.15, 0.2) is 49.0 Å². The highest BCUT2D eigenvalue weighted by atomic mass is 16.2. The maximum atomic E-state index is 12.4. The van der Waals surface area contributed by atoms with Gasteiger partial charge in [-0.3, -0.25) is 35.0 Å². The van der Waals surface area contributed by atoms with E-state index in [1.165, 1.54) is 36.7 Å². The molecule has 1 aromatic rings. The quantitative estimate of drug-likeness (QED) is 0.383. The van der Waals surface area contributed by atoms with Crippen molar-refractivity contribution in [2.45, 2.75) is 6.92 Å². The number of carbonyl (C=O) groups is 4. The number of allylic oxidation sites excluding steroid dienone is 1. The van der Waals surface area contributed by atoms with E-state index in [1.807, 2.05) is 0 Å². The third-order valence-corrected chi connectivity index (χ3v) is 3.45. The number of amides is 5. The molecule has 0 spiro atoms. The molecule has 0 bridgehead atoms. The molecule has 1 atom stereocenters. The number of hydrazine groups is 1. The standard InChI is InChI=1S/C16H17N5O4/c1-3-9-21-15(24)12(14(23)18-16(21)25)11(4-2)19-20-13(22)10-5-7-17-8-6-10/h3-8,12,19H,1,9H2,2H3,(H,20,22)(H,18,23,25)/b11-4+/t12-/m0/s1. The van der Waals surface area contributed by atoms with Crippen molar-refractivity contribution in [3.8, 4) is 0 Å². The minimum Gasteiger partial charge on any atom is -0.301 e. The Kier molecular flexibility index (Phi) is 5.62. The molecule has 25 heavy (non-hydrogen) atoms. The van der Waals surface area contributed by atoms with Gasteiger partial charge in [0.1, 0.15) is 0 Å². The van der Waals surface area contributed by atoms with Crippen molar-refractivity contribution in [3.63, 3.8) is 0 Å². The van der Waals surface area contributed by atoms with Gasteiger partial charge in [-0.05, 0) is 19.1 Å². The Balaban J connectivity index is 2.12. The molecule has 2 heterocycles. The van der Waals surface area contributed by atoms with Crippen LogP contribution in [0.2, 0.25) is 0 Å². The van der Waals surface area contributed by atoms with Gasteiger partial charge in [-0.25, -0.2) is 4.79 Å². The summed E-state index contributed by atoms with van der Waals surface area (Å²) in [5.41, 5.74) is 5.47. The zero-order valence-corrected chi connectivity index (χ0v) is 13.5. The molecule has 9 nitrogen and oxygen atoms in total. The van der Waals surface area contributed by atoms with Crippen LogP contribution >= 0.6 is 0 Å². The normalized spacial score (nSPS) is 17.8. The highest BCUT2D eigenvalue weighted by molar-refractivity contribution is 6.17. The lowest BCUT2D eigenvalue weighted by molar-refractivity contribution is -0.140. The summed E-state index contributed by atoms with van der Waals surface area (Å²) in [7, 11) is 0. The van der Waals surface area contributed by atoms with Crippen LogP contribution in [0, 0.1) is 5.92 Å². The number of aromatic nitrogens is 1. The summed E-state index contributed by atoms with van der Waals surface area (Å²) >= 11 is 0. The Morgan fingerprint density at radius 2 is 2.00 bits per heavy atom. The largest absolute Gasteiger partial charge is 0.331 e. The van der Waals surface area contributed by atoms with Crippen LogP contribution in [0.3, 0.4) is 0 Å². The van der Waals surface area contributed by atoms with Gasteiger partial charge in [-0.15, -0.1) is 6.58 Å². The summed E-state index contributed by atoms with van der Waals surface area (Å²) in [6.07, 6.45) is 5.76. The van der Waals surface area contributed by atoms with Crippen molar-refractivity contribution in [2.24, 2.45) is 5.92 Å². The summed E-state index contributed by atoms with van der Waals surface area (Å²) in [5.74, 6) is -3.22. The first kappa shape index (κ1) is 17.9. The average molecular weight is 343 g/mol. The molecule has 1 aromatic heterocycles. The first-order chi connectivity index (χ1) is 12.0. The van der Waals surface area contributed by atoms with Crippen molar-refractivity contribution >= 4 is 23.8 Å². The van der Waals surface area contributed by atoms with Gasteiger partial charge in [0.05, 0.1) is 0 Å². The van der Waals surface area contributed by atoms with Gasteiger partial charge in [0.25, 0.3) is 5.91 Å².